The number of benzene rings is 2. The maximum Gasteiger partial charge on any atom is 0.140 e. The highest BCUT2D eigenvalue weighted by atomic mass is 32.2. The number of hydrogen-bond acceptors (Lipinski definition) is 5. The molecule has 0 atom stereocenters. The first kappa shape index (κ1) is 17.8. The molecule has 1 aromatic heterocycles. The van der Waals surface area contributed by atoms with Crippen LogP contribution in [0.5, 0.6) is 11.5 Å². The molecule has 0 N–H and O–H groups in total. The molecule has 0 aliphatic rings. The summed E-state index contributed by atoms with van der Waals surface area (Å²) >= 11 is 3.47. The molecule has 25 heavy (non-hydrogen) atoms. The van der Waals surface area contributed by atoms with Gasteiger partial charge in [-0.25, -0.2) is 4.98 Å². The summed E-state index contributed by atoms with van der Waals surface area (Å²) in [6.45, 7) is 4.77. The lowest BCUT2D eigenvalue weighted by Crippen LogP contribution is -1.95. The van der Waals surface area contributed by atoms with Gasteiger partial charge in [0.2, 0.25) is 0 Å². The predicted molar refractivity (Wildman–Crippen MR) is 105 cm³/mol. The van der Waals surface area contributed by atoms with Crippen LogP contribution in [0.25, 0.3) is 0 Å². The molecule has 0 saturated heterocycles. The van der Waals surface area contributed by atoms with Crippen LogP contribution in [0, 0.1) is 13.8 Å². The number of rotatable bonds is 7. The average molecular weight is 372 g/mol. The van der Waals surface area contributed by atoms with Crippen molar-refractivity contribution in [3.63, 3.8) is 0 Å². The number of nitrogens with zero attached hydrogens (tertiary/aromatic N) is 1. The van der Waals surface area contributed by atoms with Crippen molar-refractivity contribution >= 4 is 23.1 Å². The second kappa shape index (κ2) is 8.41. The van der Waals surface area contributed by atoms with E-state index in [1.807, 2.05) is 36.0 Å². The van der Waals surface area contributed by atoms with E-state index in [0.29, 0.717) is 6.61 Å². The van der Waals surface area contributed by atoms with Crippen LogP contribution in [-0.2, 0) is 12.4 Å². The molecule has 2 aromatic carbocycles. The van der Waals surface area contributed by atoms with Crippen molar-refractivity contribution in [2.75, 3.05) is 7.11 Å². The van der Waals surface area contributed by atoms with Gasteiger partial charge >= 0.3 is 0 Å². The van der Waals surface area contributed by atoms with Gasteiger partial charge in [-0.15, -0.1) is 23.1 Å². The fourth-order valence-electron chi connectivity index (χ4n) is 2.41. The normalized spacial score (nSPS) is 10.7. The molecule has 0 saturated carbocycles. The second-order valence-electron chi connectivity index (χ2n) is 5.75. The van der Waals surface area contributed by atoms with Crippen molar-refractivity contribution in [1.82, 2.24) is 4.98 Å². The summed E-state index contributed by atoms with van der Waals surface area (Å²) in [5.74, 6) is 2.53. The molecule has 3 rings (SSSR count). The van der Waals surface area contributed by atoms with Crippen LogP contribution in [0.15, 0.2) is 52.7 Å². The lowest BCUT2D eigenvalue weighted by Gasteiger charge is -2.06. The van der Waals surface area contributed by atoms with Gasteiger partial charge in [0.25, 0.3) is 0 Å². The molecule has 0 radical (unpaired) electrons. The molecule has 0 amide bonds. The van der Waals surface area contributed by atoms with Crippen molar-refractivity contribution in [2.45, 2.75) is 31.1 Å². The molecule has 130 valence electrons. The number of aryl methyl sites for hydroxylation is 2. The number of aromatic nitrogens is 1. The number of hydrogen-bond donors (Lipinski definition) is 0. The Morgan fingerprint density at radius 3 is 2.52 bits per heavy atom. The minimum Gasteiger partial charge on any atom is -0.497 e. The topological polar surface area (TPSA) is 31.4 Å². The van der Waals surface area contributed by atoms with E-state index in [0.717, 1.165) is 28.0 Å². The van der Waals surface area contributed by atoms with Crippen molar-refractivity contribution in [1.29, 1.82) is 0 Å². The van der Waals surface area contributed by atoms with Gasteiger partial charge in [-0.2, -0.15) is 0 Å². The molecule has 0 spiro atoms. The van der Waals surface area contributed by atoms with Crippen molar-refractivity contribution in [3.05, 3.63) is 69.7 Å². The van der Waals surface area contributed by atoms with Crippen LogP contribution >= 0.6 is 23.1 Å². The number of thiazole rings is 1. The molecule has 1 heterocycles. The monoisotopic (exact) mass is 371 g/mol. The van der Waals surface area contributed by atoms with Crippen LogP contribution in [0.4, 0.5) is 0 Å². The van der Waals surface area contributed by atoms with Gasteiger partial charge in [-0.05, 0) is 49.7 Å². The maximum atomic E-state index is 5.79. The summed E-state index contributed by atoms with van der Waals surface area (Å²) in [5.41, 5.74) is 3.72. The summed E-state index contributed by atoms with van der Waals surface area (Å²) < 4.78 is 10.9. The molecule has 0 bridgehead atoms. The summed E-state index contributed by atoms with van der Waals surface area (Å²) in [6, 6.07) is 14.2. The standard InChI is InChI=1S/C20H21NO2S2/c1-14-4-9-19(15(2)10-14)24-12-16-13-25-20(21-16)11-23-18-7-5-17(22-3)6-8-18/h4-10,13H,11-12H2,1-3H3. The van der Waals surface area contributed by atoms with E-state index < -0.39 is 0 Å². The minimum atomic E-state index is 0.491. The zero-order chi connectivity index (χ0) is 17.6. The highest BCUT2D eigenvalue weighted by Gasteiger charge is 2.06. The lowest BCUT2D eigenvalue weighted by molar-refractivity contribution is 0.304. The Morgan fingerprint density at radius 2 is 1.80 bits per heavy atom. The lowest BCUT2D eigenvalue weighted by atomic mass is 10.2. The molecular formula is C20H21NO2S2. The minimum absolute atomic E-state index is 0.491. The third-order valence-electron chi connectivity index (χ3n) is 3.73. The largest absolute Gasteiger partial charge is 0.497 e. The molecule has 5 heteroatoms. The first-order chi connectivity index (χ1) is 12.1. The van der Waals surface area contributed by atoms with Gasteiger partial charge in [0.1, 0.15) is 23.1 Å². The molecule has 3 nitrogen and oxygen atoms in total. The molecular weight excluding hydrogens is 350 g/mol. The zero-order valence-corrected chi connectivity index (χ0v) is 16.2. The van der Waals surface area contributed by atoms with Gasteiger partial charge < -0.3 is 9.47 Å². The highest BCUT2D eigenvalue weighted by molar-refractivity contribution is 7.98. The van der Waals surface area contributed by atoms with Crippen LogP contribution in [0.1, 0.15) is 21.8 Å². The third kappa shape index (κ3) is 5.00. The van der Waals surface area contributed by atoms with E-state index in [2.05, 4.69) is 42.4 Å². The van der Waals surface area contributed by atoms with E-state index in [-0.39, 0.29) is 0 Å². The maximum absolute atomic E-state index is 5.79. The van der Waals surface area contributed by atoms with E-state index >= 15 is 0 Å². The Balaban J connectivity index is 1.53. The predicted octanol–water partition coefficient (Wildman–Crippen LogP) is 5.64. The Hall–Kier alpha value is -1.98. The van der Waals surface area contributed by atoms with Gasteiger partial charge in [0.15, 0.2) is 0 Å². The van der Waals surface area contributed by atoms with E-state index in [1.54, 1.807) is 18.4 Å². The fraction of sp³-hybridized carbons (Fsp3) is 0.250. The van der Waals surface area contributed by atoms with Crippen LogP contribution in [-0.4, -0.2) is 12.1 Å². The number of methoxy groups -OCH3 is 1. The Morgan fingerprint density at radius 1 is 1.04 bits per heavy atom. The summed E-state index contributed by atoms with van der Waals surface area (Å²) in [7, 11) is 1.66. The van der Waals surface area contributed by atoms with Crippen molar-refractivity contribution < 1.29 is 9.47 Å². The zero-order valence-electron chi connectivity index (χ0n) is 14.6. The molecule has 3 aromatic rings. The number of thioether (sulfide) groups is 1. The molecule has 0 aliphatic carbocycles. The molecule has 0 aliphatic heterocycles. The first-order valence-corrected chi connectivity index (χ1v) is 9.91. The quantitative estimate of drug-likeness (QED) is 0.503. The van der Waals surface area contributed by atoms with Crippen molar-refractivity contribution in [3.8, 4) is 11.5 Å². The molecule has 0 fully saturated rings. The average Bonchev–Trinajstić information content (AvgIpc) is 3.07. The Labute approximate surface area is 157 Å². The van der Waals surface area contributed by atoms with Crippen LogP contribution in [0.2, 0.25) is 0 Å². The van der Waals surface area contributed by atoms with E-state index in [1.165, 1.54) is 16.0 Å². The second-order valence-corrected chi connectivity index (χ2v) is 7.71. The van der Waals surface area contributed by atoms with Gasteiger partial charge in [0, 0.05) is 16.0 Å². The number of ether oxygens (including phenoxy) is 2. The molecule has 0 unspecified atom stereocenters. The Kier molecular flexibility index (Phi) is 6.00. The summed E-state index contributed by atoms with van der Waals surface area (Å²) in [6.07, 6.45) is 0. The Bertz CT molecular complexity index is 828. The van der Waals surface area contributed by atoms with E-state index in [4.69, 9.17) is 9.47 Å². The highest BCUT2D eigenvalue weighted by Crippen LogP contribution is 2.27. The van der Waals surface area contributed by atoms with E-state index in [9.17, 15) is 0 Å². The fourth-order valence-corrected chi connectivity index (χ4v) is 4.12. The third-order valence-corrected chi connectivity index (χ3v) is 5.81. The van der Waals surface area contributed by atoms with Gasteiger partial charge in [-0.1, -0.05) is 17.7 Å². The van der Waals surface area contributed by atoms with Crippen LogP contribution < -0.4 is 9.47 Å². The smallest absolute Gasteiger partial charge is 0.140 e. The SMILES string of the molecule is COc1ccc(OCc2nc(CSc3ccc(C)cc3C)cs2)cc1. The van der Waals surface area contributed by atoms with Gasteiger partial charge in [-0.3, -0.25) is 0 Å². The summed E-state index contributed by atoms with van der Waals surface area (Å²) in [4.78, 5) is 5.98. The first-order valence-electron chi connectivity index (χ1n) is 8.04. The summed E-state index contributed by atoms with van der Waals surface area (Å²) in [5, 5.41) is 3.11. The van der Waals surface area contributed by atoms with Gasteiger partial charge in [0.05, 0.1) is 12.8 Å². The van der Waals surface area contributed by atoms with Crippen molar-refractivity contribution in [2.24, 2.45) is 0 Å². The van der Waals surface area contributed by atoms with Crippen LogP contribution in [0.3, 0.4) is 0 Å².